The van der Waals surface area contributed by atoms with E-state index >= 15 is 0 Å². The minimum Gasteiger partial charge on any atom is -0.359 e. The molecule has 7 heteroatoms. The van der Waals surface area contributed by atoms with Crippen LogP contribution in [0.25, 0.3) is 11.3 Å². The Balaban J connectivity index is 1.71. The minimum absolute atomic E-state index is 0.569. The number of nitrogens with two attached hydrogens (primary N) is 1. The van der Waals surface area contributed by atoms with Crippen LogP contribution in [0.5, 0.6) is 0 Å². The third-order valence-corrected chi connectivity index (χ3v) is 4.10. The molecule has 3 rings (SSSR count). The smallest absolute Gasteiger partial charge is 0.151 e. The van der Waals surface area contributed by atoms with Gasteiger partial charge in [0.2, 0.25) is 0 Å². The van der Waals surface area contributed by atoms with Crippen LogP contribution in [0.4, 0.5) is 0 Å². The Labute approximate surface area is 133 Å². The van der Waals surface area contributed by atoms with E-state index in [9.17, 15) is 0 Å². The monoisotopic (exact) mass is 326 g/mol. The van der Waals surface area contributed by atoms with E-state index in [0.717, 1.165) is 49.7 Å². The van der Waals surface area contributed by atoms with Crippen molar-refractivity contribution < 1.29 is 4.52 Å². The topological polar surface area (TPSA) is 58.5 Å². The highest BCUT2D eigenvalue weighted by Crippen LogP contribution is 2.30. The zero-order valence-electron chi connectivity index (χ0n) is 11.4. The molecule has 0 bridgehead atoms. The van der Waals surface area contributed by atoms with E-state index in [1.165, 1.54) is 0 Å². The number of hydrogen-bond donors (Lipinski definition) is 1. The van der Waals surface area contributed by atoms with Crippen LogP contribution in [0.2, 0.25) is 10.0 Å². The lowest BCUT2D eigenvalue weighted by atomic mass is 10.1. The van der Waals surface area contributed by atoms with Crippen LogP contribution in [-0.4, -0.2) is 41.2 Å². The summed E-state index contributed by atoms with van der Waals surface area (Å²) in [6, 6.07) is 7.26. The van der Waals surface area contributed by atoms with Crippen molar-refractivity contribution in [1.82, 2.24) is 15.1 Å². The number of hydrogen-bond acceptors (Lipinski definition) is 5. The zero-order chi connectivity index (χ0) is 14.8. The second-order valence-electron chi connectivity index (χ2n) is 5.11. The summed E-state index contributed by atoms with van der Waals surface area (Å²) >= 11 is 12.1. The van der Waals surface area contributed by atoms with Gasteiger partial charge in [0.1, 0.15) is 5.69 Å². The molecule has 2 aromatic rings. The van der Waals surface area contributed by atoms with E-state index in [4.69, 9.17) is 33.6 Å². The van der Waals surface area contributed by atoms with Gasteiger partial charge < -0.3 is 4.52 Å². The van der Waals surface area contributed by atoms with Gasteiger partial charge >= 0.3 is 0 Å². The van der Waals surface area contributed by atoms with E-state index < -0.39 is 0 Å². The molecule has 0 spiro atoms. The summed E-state index contributed by atoms with van der Waals surface area (Å²) < 4.78 is 5.41. The molecule has 1 aromatic carbocycles. The van der Waals surface area contributed by atoms with Crippen LogP contribution in [0.15, 0.2) is 28.8 Å². The molecule has 1 fully saturated rings. The number of piperazine rings is 1. The summed E-state index contributed by atoms with van der Waals surface area (Å²) in [5, 5.41) is 7.09. The molecule has 1 aliphatic heterocycles. The largest absolute Gasteiger partial charge is 0.359 e. The maximum Gasteiger partial charge on any atom is 0.151 e. The van der Waals surface area contributed by atoms with Crippen LogP contribution in [0.1, 0.15) is 5.76 Å². The van der Waals surface area contributed by atoms with Gasteiger partial charge in [-0.05, 0) is 18.2 Å². The predicted molar refractivity (Wildman–Crippen MR) is 83.0 cm³/mol. The molecule has 0 radical (unpaired) electrons. The van der Waals surface area contributed by atoms with E-state index in [0.29, 0.717) is 10.0 Å². The Bertz CT molecular complexity index is 623. The van der Waals surface area contributed by atoms with E-state index in [1.807, 2.05) is 17.1 Å². The zero-order valence-corrected chi connectivity index (χ0v) is 12.9. The van der Waals surface area contributed by atoms with Crippen LogP contribution >= 0.6 is 23.2 Å². The van der Waals surface area contributed by atoms with Crippen LogP contribution in [0, 0.1) is 0 Å². The van der Waals surface area contributed by atoms with Gasteiger partial charge in [-0.25, -0.2) is 5.01 Å². The molecule has 5 nitrogen and oxygen atoms in total. The molecule has 0 saturated carbocycles. The van der Waals surface area contributed by atoms with Crippen molar-refractivity contribution in [2.75, 3.05) is 26.2 Å². The fourth-order valence-corrected chi connectivity index (χ4v) is 2.86. The van der Waals surface area contributed by atoms with Crippen LogP contribution in [-0.2, 0) is 6.54 Å². The second-order valence-corrected chi connectivity index (χ2v) is 5.96. The molecule has 2 heterocycles. The summed E-state index contributed by atoms with van der Waals surface area (Å²) in [6.07, 6.45) is 0. The van der Waals surface area contributed by atoms with Crippen molar-refractivity contribution in [3.63, 3.8) is 0 Å². The van der Waals surface area contributed by atoms with Gasteiger partial charge in [0, 0.05) is 42.8 Å². The molecule has 0 atom stereocenters. The Morgan fingerprint density at radius 1 is 1.14 bits per heavy atom. The lowest BCUT2D eigenvalue weighted by Crippen LogP contribution is -2.48. The van der Waals surface area contributed by atoms with Crippen molar-refractivity contribution in [3.05, 3.63) is 40.1 Å². The third kappa shape index (κ3) is 3.56. The van der Waals surface area contributed by atoms with Gasteiger partial charge in [0.25, 0.3) is 0 Å². The molecule has 1 saturated heterocycles. The maximum atomic E-state index is 6.19. The third-order valence-electron chi connectivity index (χ3n) is 3.55. The summed E-state index contributed by atoms with van der Waals surface area (Å²) in [7, 11) is 0. The van der Waals surface area contributed by atoms with Gasteiger partial charge in [-0.3, -0.25) is 10.7 Å². The molecule has 1 aliphatic rings. The van der Waals surface area contributed by atoms with Gasteiger partial charge in [-0.2, -0.15) is 0 Å². The average Bonchev–Trinajstić information content (AvgIpc) is 2.90. The minimum atomic E-state index is 0.569. The lowest BCUT2D eigenvalue weighted by Gasteiger charge is -2.30. The maximum absolute atomic E-state index is 6.19. The number of benzene rings is 1. The molecule has 1 aromatic heterocycles. The number of rotatable bonds is 3. The number of aromatic nitrogens is 1. The molecular weight excluding hydrogens is 311 g/mol. The first-order valence-corrected chi connectivity index (χ1v) is 7.50. The Kier molecular flexibility index (Phi) is 4.47. The second kappa shape index (κ2) is 6.34. The Hall–Kier alpha value is -1.11. The summed E-state index contributed by atoms with van der Waals surface area (Å²) in [6.45, 7) is 4.31. The summed E-state index contributed by atoms with van der Waals surface area (Å²) in [5.74, 6) is 6.57. The molecule has 21 heavy (non-hydrogen) atoms. The van der Waals surface area contributed by atoms with Gasteiger partial charge in [0.15, 0.2) is 5.76 Å². The first-order chi connectivity index (χ1) is 10.1. The van der Waals surface area contributed by atoms with E-state index in [-0.39, 0.29) is 0 Å². The highest BCUT2D eigenvalue weighted by Gasteiger charge is 2.17. The van der Waals surface area contributed by atoms with Gasteiger partial charge in [-0.15, -0.1) is 0 Å². The van der Waals surface area contributed by atoms with Crippen molar-refractivity contribution in [3.8, 4) is 11.3 Å². The number of halogens is 2. The normalized spacial score (nSPS) is 17.3. The van der Waals surface area contributed by atoms with Crippen LogP contribution in [0.3, 0.4) is 0 Å². The first-order valence-electron chi connectivity index (χ1n) is 6.75. The number of nitrogens with zero attached hydrogens (tertiary/aromatic N) is 3. The molecular formula is C14H16Cl2N4O. The Morgan fingerprint density at radius 2 is 1.90 bits per heavy atom. The number of hydrazine groups is 1. The summed E-state index contributed by atoms with van der Waals surface area (Å²) in [5.41, 5.74) is 1.55. The molecule has 0 aliphatic carbocycles. The lowest BCUT2D eigenvalue weighted by molar-refractivity contribution is 0.119. The summed E-state index contributed by atoms with van der Waals surface area (Å²) in [4.78, 5) is 2.29. The van der Waals surface area contributed by atoms with Gasteiger partial charge in [-0.1, -0.05) is 28.4 Å². The van der Waals surface area contributed by atoms with Crippen molar-refractivity contribution >= 4 is 23.2 Å². The first kappa shape index (κ1) is 14.8. The van der Waals surface area contributed by atoms with Gasteiger partial charge in [0.05, 0.1) is 11.6 Å². The van der Waals surface area contributed by atoms with E-state index in [2.05, 4.69) is 10.1 Å². The fourth-order valence-electron chi connectivity index (χ4n) is 2.35. The van der Waals surface area contributed by atoms with Crippen molar-refractivity contribution in [1.29, 1.82) is 0 Å². The molecule has 0 unspecified atom stereocenters. The predicted octanol–water partition coefficient (Wildman–Crippen LogP) is 2.64. The van der Waals surface area contributed by atoms with Crippen LogP contribution < -0.4 is 5.84 Å². The fraction of sp³-hybridized carbons (Fsp3) is 0.357. The quantitative estimate of drug-likeness (QED) is 0.879. The molecule has 2 N–H and O–H groups in total. The molecule has 0 amide bonds. The molecule has 112 valence electrons. The van der Waals surface area contributed by atoms with Crippen molar-refractivity contribution in [2.24, 2.45) is 5.84 Å². The van der Waals surface area contributed by atoms with E-state index in [1.54, 1.807) is 12.1 Å². The highest BCUT2D eigenvalue weighted by molar-refractivity contribution is 6.36. The Morgan fingerprint density at radius 3 is 2.62 bits per heavy atom. The van der Waals surface area contributed by atoms with Crippen molar-refractivity contribution in [2.45, 2.75) is 6.54 Å². The highest BCUT2D eigenvalue weighted by atomic mass is 35.5. The SMILES string of the molecule is NN1CCN(Cc2cc(-c3ccc(Cl)cc3Cl)no2)CC1. The average molecular weight is 327 g/mol. The standard InChI is InChI=1S/C14H16Cl2N4O/c15-10-1-2-12(13(16)7-10)14-8-11(21-18-14)9-19-3-5-20(17)6-4-19/h1-2,7-8H,3-6,9,17H2.